The lowest BCUT2D eigenvalue weighted by Gasteiger charge is -2.29. The Morgan fingerprint density at radius 3 is 2.56 bits per heavy atom. The molecule has 0 saturated carbocycles. The molecular weight excluding hydrogens is 452 g/mol. The van der Waals surface area contributed by atoms with Crippen LogP contribution < -0.4 is 9.47 Å². The topological polar surface area (TPSA) is 82.8 Å². The van der Waals surface area contributed by atoms with Gasteiger partial charge in [0.05, 0.1) is 5.56 Å². The predicted molar refractivity (Wildman–Crippen MR) is 139 cm³/mol. The predicted octanol–water partition coefficient (Wildman–Crippen LogP) is 5.14. The van der Waals surface area contributed by atoms with Crippen LogP contribution in [0.2, 0.25) is 0 Å². The summed E-state index contributed by atoms with van der Waals surface area (Å²) in [7, 11) is 2.13. The normalized spacial score (nSPS) is 14.4. The van der Waals surface area contributed by atoms with Crippen molar-refractivity contribution in [1.82, 2.24) is 4.90 Å². The minimum absolute atomic E-state index is 0.0696. The van der Waals surface area contributed by atoms with Gasteiger partial charge in [-0.1, -0.05) is 42.5 Å². The first-order chi connectivity index (χ1) is 17.5. The van der Waals surface area contributed by atoms with E-state index in [9.17, 15) is 9.90 Å². The molecule has 6 heteroatoms. The van der Waals surface area contributed by atoms with Crippen LogP contribution in [0.3, 0.4) is 0 Å². The van der Waals surface area contributed by atoms with Gasteiger partial charge in [0.25, 0.3) is 0 Å². The van der Waals surface area contributed by atoms with Gasteiger partial charge in [-0.2, -0.15) is 5.26 Å². The lowest BCUT2D eigenvalue weighted by atomic mass is 10.0. The quantitative estimate of drug-likeness (QED) is 0.425. The summed E-state index contributed by atoms with van der Waals surface area (Å²) in [6.45, 7) is 2.43. The summed E-state index contributed by atoms with van der Waals surface area (Å²) in [4.78, 5) is 14.9. The van der Waals surface area contributed by atoms with Gasteiger partial charge in [-0.05, 0) is 66.9 Å². The van der Waals surface area contributed by atoms with E-state index in [2.05, 4.69) is 11.9 Å². The number of nitriles is 1. The van der Waals surface area contributed by atoms with Crippen LogP contribution in [0.4, 0.5) is 0 Å². The number of rotatable bonds is 9. The van der Waals surface area contributed by atoms with Crippen LogP contribution in [0.5, 0.6) is 17.2 Å². The molecule has 1 heterocycles. The second kappa shape index (κ2) is 12.1. The molecule has 0 aromatic heterocycles. The van der Waals surface area contributed by atoms with Crippen molar-refractivity contribution in [3.8, 4) is 23.3 Å². The van der Waals surface area contributed by atoms with Crippen molar-refractivity contribution in [3.05, 3.63) is 95.1 Å². The average Bonchev–Trinajstić information content (AvgIpc) is 2.89. The molecule has 4 rings (SSSR count). The van der Waals surface area contributed by atoms with E-state index in [0.717, 1.165) is 48.6 Å². The SMILES string of the molecule is CN1CCC(Oc2cccc(OCc3ccccc3CC(=O)/C=C/c3ccc(C#N)c(O)c3)c2)CC1. The molecule has 1 aliphatic heterocycles. The molecule has 0 atom stereocenters. The van der Waals surface area contributed by atoms with Gasteiger partial charge < -0.3 is 19.5 Å². The third kappa shape index (κ3) is 6.97. The zero-order valence-electron chi connectivity index (χ0n) is 20.4. The van der Waals surface area contributed by atoms with Gasteiger partial charge in [0.1, 0.15) is 36.0 Å². The van der Waals surface area contributed by atoms with Crippen molar-refractivity contribution in [3.63, 3.8) is 0 Å². The highest BCUT2D eigenvalue weighted by molar-refractivity contribution is 5.95. The Balaban J connectivity index is 1.35. The molecule has 184 valence electrons. The second-order valence-electron chi connectivity index (χ2n) is 9.02. The molecule has 3 aromatic rings. The summed E-state index contributed by atoms with van der Waals surface area (Å²) in [6, 6.07) is 22.0. The molecule has 0 aliphatic carbocycles. The Labute approximate surface area is 212 Å². The highest BCUT2D eigenvalue weighted by atomic mass is 16.5. The smallest absolute Gasteiger partial charge is 0.160 e. The number of allylic oxidation sites excluding steroid dienone is 1. The first kappa shape index (κ1) is 25.0. The van der Waals surface area contributed by atoms with Crippen molar-refractivity contribution < 1.29 is 19.4 Å². The van der Waals surface area contributed by atoms with Gasteiger partial charge in [0, 0.05) is 25.6 Å². The molecule has 1 fully saturated rings. The first-order valence-electron chi connectivity index (χ1n) is 12.1. The molecular formula is C30H30N2O4. The standard InChI is InChI=1S/C30H30N2O4/c1-32-15-13-27(14-16-32)36-29-8-4-7-28(19-29)35-21-25-6-3-2-5-23(25)18-26(33)12-10-22-9-11-24(20-31)30(34)17-22/h2-12,17,19,27,34H,13-16,18,21H2,1H3/b12-10+. The summed E-state index contributed by atoms with van der Waals surface area (Å²) in [5, 5.41) is 18.7. The number of ether oxygens (including phenoxy) is 2. The fourth-order valence-electron chi connectivity index (χ4n) is 4.15. The molecule has 0 unspecified atom stereocenters. The second-order valence-corrected chi connectivity index (χ2v) is 9.02. The summed E-state index contributed by atoms with van der Waals surface area (Å²) in [6.07, 6.45) is 5.62. The van der Waals surface area contributed by atoms with Gasteiger partial charge in [0.15, 0.2) is 5.78 Å². The van der Waals surface area contributed by atoms with Gasteiger partial charge in [-0.25, -0.2) is 0 Å². The number of aromatic hydroxyl groups is 1. The Bertz CT molecular complexity index is 1270. The number of ketones is 1. The molecule has 0 radical (unpaired) electrons. The maximum atomic E-state index is 12.6. The number of hydrogen-bond donors (Lipinski definition) is 1. The third-order valence-corrected chi connectivity index (χ3v) is 6.26. The molecule has 6 nitrogen and oxygen atoms in total. The van der Waals surface area contributed by atoms with E-state index in [1.807, 2.05) is 54.6 Å². The van der Waals surface area contributed by atoms with Gasteiger partial charge in [-0.3, -0.25) is 4.79 Å². The number of phenolic OH excluding ortho intramolecular Hbond substituents is 1. The summed E-state index contributed by atoms with van der Waals surface area (Å²) >= 11 is 0. The zero-order chi connectivity index (χ0) is 25.3. The average molecular weight is 483 g/mol. The Morgan fingerprint density at radius 2 is 1.81 bits per heavy atom. The Morgan fingerprint density at radius 1 is 1.06 bits per heavy atom. The number of carbonyl (C=O) groups excluding carboxylic acids is 1. The van der Waals surface area contributed by atoms with Crippen LogP contribution in [0.1, 0.15) is 35.1 Å². The van der Waals surface area contributed by atoms with Crippen molar-refractivity contribution in [2.45, 2.75) is 32.0 Å². The molecule has 3 aromatic carbocycles. The van der Waals surface area contributed by atoms with Crippen LogP contribution in [-0.2, 0) is 17.8 Å². The van der Waals surface area contributed by atoms with Crippen molar-refractivity contribution >= 4 is 11.9 Å². The summed E-state index contributed by atoms with van der Waals surface area (Å²) in [5.74, 6) is 1.36. The minimum Gasteiger partial charge on any atom is -0.507 e. The van der Waals surface area contributed by atoms with E-state index in [4.69, 9.17) is 14.7 Å². The maximum absolute atomic E-state index is 12.6. The number of piperidine rings is 1. The number of carbonyl (C=O) groups is 1. The minimum atomic E-state index is -0.101. The largest absolute Gasteiger partial charge is 0.507 e. The van der Waals surface area contributed by atoms with Crippen molar-refractivity contribution in [1.29, 1.82) is 5.26 Å². The van der Waals surface area contributed by atoms with Crippen molar-refractivity contribution in [2.24, 2.45) is 0 Å². The molecule has 1 aliphatic rings. The molecule has 1 N–H and O–H groups in total. The first-order valence-corrected chi connectivity index (χ1v) is 12.1. The molecule has 0 spiro atoms. The Kier molecular flexibility index (Phi) is 8.38. The third-order valence-electron chi connectivity index (χ3n) is 6.26. The van der Waals surface area contributed by atoms with Crippen LogP contribution in [0, 0.1) is 11.3 Å². The molecule has 36 heavy (non-hydrogen) atoms. The molecule has 0 amide bonds. The molecule has 1 saturated heterocycles. The van der Waals surface area contributed by atoms with Gasteiger partial charge in [-0.15, -0.1) is 0 Å². The van der Waals surface area contributed by atoms with Crippen molar-refractivity contribution in [2.75, 3.05) is 20.1 Å². The fraction of sp³-hybridized carbons (Fsp3) is 0.267. The number of benzene rings is 3. The fourth-order valence-corrected chi connectivity index (χ4v) is 4.15. The Hall–Kier alpha value is -4.08. The van der Waals surface area contributed by atoms with E-state index in [1.54, 1.807) is 12.1 Å². The highest BCUT2D eigenvalue weighted by Crippen LogP contribution is 2.24. The van der Waals surface area contributed by atoms with Crippen LogP contribution >= 0.6 is 0 Å². The van der Waals surface area contributed by atoms with E-state index < -0.39 is 0 Å². The van der Waals surface area contributed by atoms with Gasteiger partial charge >= 0.3 is 0 Å². The van der Waals surface area contributed by atoms with Crippen LogP contribution in [0.25, 0.3) is 6.08 Å². The van der Waals surface area contributed by atoms with E-state index >= 15 is 0 Å². The van der Waals surface area contributed by atoms with Gasteiger partial charge in [0.2, 0.25) is 0 Å². The maximum Gasteiger partial charge on any atom is 0.160 e. The number of nitrogens with zero attached hydrogens (tertiary/aromatic N) is 2. The highest BCUT2D eigenvalue weighted by Gasteiger charge is 2.18. The van der Waals surface area contributed by atoms with E-state index in [0.29, 0.717) is 12.2 Å². The number of likely N-dealkylation sites (tertiary alicyclic amines) is 1. The van der Waals surface area contributed by atoms with E-state index in [1.165, 1.54) is 18.2 Å². The number of phenols is 1. The lowest BCUT2D eigenvalue weighted by molar-refractivity contribution is -0.113. The van der Waals surface area contributed by atoms with E-state index in [-0.39, 0.29) is 29.6 Å². The zero-order valence-corrected chi connectivity index (χ0v) is 20.4. The summed E-state index contributed by atoms with van der Waals surface area (Å²) < 4.78 is 12.2. The summed E-state index contributed by atoms with van der Waals surface area (Å²) in [5.41, 5.74) is 2.69. The lowest BCUT2D eigenvalue weighted by Crippen LogP contribution is -2.35. The molecule has 0 bridgehead atoms. The monoisotopic (exact) mass is 482 g/mol. The number of hydrogen-bond acceptors (Lipinski definition) is 6. The van der Waals surface area contributed by atoms with Crippen LogP contribution in [-0.4, -0.2) is 42.0 Å². The van der Waals surface area contributed by atoms with Crippen LogP contribution in [0.15, 0.2) is 72.8 Å².